The summed E-state index contributed by atoms with van der Waals surface area (Å²) in [4.78, 5) is 25.7. The van der Waals surface area contributed by atoms with Gasteiger partial charge in [-0.15, -0.1) is 0 Å². The van der Waals surface area contributed by atoms with E-state index in [2.05, 4.69) is 71.9 Å². The molecule has 6 heteroatoms. The highest BCUT2D eigenvalue weighted by molar-refractivity contribution is 5.97. The minimum absolute atomic E-state index is 0.117. The van der Waals surface area contributed by atoms with Gasteiger partial charge in [0.05, 0.1) is 18.6 Å². The number of rotatable bonds is 10. The van der Waals surface area contributed by atoms with E-state index >= 15 is 0 Å². The number of aliphatic hydroxyl groups is 1. The molecule has 2 atom stereocenters. The van der Waals surface area contributed by atoms with Gasteiger partial charge in [-0.05, 0) is 99.6 Å². The molecule has 1 fully saturated rings. The molecule has 6 nitrogen and oxygen atoms in total. The first-order valence-corrected chi connectivity index (χ1v) is 15.1. The summed E-state index contributed by atoms with van der Waals surface area (Å²) in [6.07, 6.45) is 2.85. The van der Waals surface area contributed by atoms with Gasteiger partial charge in [-0.3, -0.25) is 4.79 Å². The molecule has 1 N–H and O–H groups in total. The Morgan fingerprint density at radius 2 is 1.56 bits per heavy atom. The van der Waals surface area contributed by atoms with E-state index in [4.69, 9.17) is 9.47 Å². The number of hydrogen-bond donors (Lipinski definition) is 1. The van der Waals surface area contributed by atoms with E-state index in [1.165, 1.54) is 27.2 Å². The number of hydrogen-bond acceptors (Lipinski definition) is 5. The number of β-lactam (4-membered cyclic amide) rings is 1. The van der Waals surface area contributed by atoms with E-state index in [9.17, 15) is 14.7 Å². The van der Waals surface area contributed by atoms with Crippen LogP contribution in [0.3, 0.4) is 0 Å². The minimum Gasteiger partial charge on any atom is -0.491 e. The van der Waals surface area contributed by atoms with Crippen LogP contribution < -0.4 is 4.74 Å². The van der Waals surface area contributed by atoms with Gasteiger partial charge in [0.25, 0.3) is 0 Å². The minimum atomic E-state index is -0.663. The third-order valence-corrected chi connectivity index (χ3v) is 8.58. The summed E-state index contributed by atoms with van der Waals surface area (Å²) in [6.45, 7) is 20.5. The maximum atomic E-state index is 12.5. The Morgan fingerprint density at radius 3 is 2.05 bits per heavy atom. The third kappa shape index (κ3) is 7.51. The predicted octanol–water partition coefficient (Wildman–Crippen LogP) is 7.66. The molecule has 1 unspecified atom stereocenters. The lowest BCUT2D eigenvalue weighted by molar-refractivity contribution is -0.145. The highest BCUT2D eigenvalue weighted by atomic mass is 16.6. The van der Waals surface area contributed by atoms with Crippen LogP contribution in [0.2, 0.25) is 0 Å². The highest BCUT2D eigenvalue weighted by Crippen LogP contribution is 2.41. The normalized spacial score (nSPS) is 16.8. The number of ether oxygens (including phenoxy) is 2. The Balaban J connectivity index is 1.76. The molecule has 0 bridgehead atoms. The number of imide groups is 1. The van der Waals surface area contributed by atoms with Crippen LogP contribution in [0.5, 0.6) is 5.75 Å². The van der Waals surface area contributed by atoms with Crippen LogP contribution in [-0.4, -0.2) is 46.4 Å². The molecule has 2 aromatic rings. The largest absolute Gasteiger partial charge is 0.491 e. The summed E-state index contributed by atoms with van der Waals surface area (Å²) in [5, 5.41) is 10.5. The van der Waals surface area contributed by atoms with E-state index in [0.717, 1.165) is 37.0 Å². The molecule has 0 aromatic heterocycles. The predicted molar refractivity (Wildman–Crippen MR) is 164 cm³/mol. The third-order valence-electron chi connectivity index (χ3n) is 8.58. The van der Waals surface area contributed by atoms with E-state index in [1.54, 1.807) is 20.8 Å². The Hall–Kier alpha value is -2.86. The monoisotopic (exact) mass is 565 g/mol. The summed E-state index contributed by atoms with van der Waals surface area (Å²) < 4.78 is 11.5. The fraction of sp³-hybridized carbons (Fsp3) is 0.600. The first-order valence-electron chi connectivity index (χ1n) is 15.1. The van der Waals surface area contributed by atoms with Crippen molar-refractivity contribution in [2.75, 3.05) is 6.61 Å². The summed E-state index contributed by atoms with van der Waals surface area (Å²) >= 11 is 0. The topological polar surface area (TPSA) is 76.1 Å². The van der Waals surface area contributed by atoms with Crippen molar-refractivity contribution in [2.24, 2.45) is 5.41 Å². The molecule has 41 heavy (non-hydrogen) atoms. The van der Waals surface area contributed by atoms with Crippen LogP contribution in [0.15, 0.2) is 36.4 Å². The van der Waals surface area contributed by atoms with Crippen LogP contribution in [-0.2, 0) is 21.4 Å². The molecule has 3 rings (SSSR count). The van der Waals surface area contributed by atoms with Gasteiger partial charge < -0.3 is 14.6 Å². The molecule has 0 radical (unpaired) electrons. The molecule has 1 aliphatic heterocycles. The second kappa shape index (κ2) is 12.6. The molecule has 0 saturated carbocycles. The summed E-state index contributed by atoms with van der Waals surface area (Å²) in [5.41, 5.74) is 5.20. The van der Waals surface area contributed by atoms with E-state index in [0.29, 0.717) is 0 Å². The highest BCUT2D eigenvalue weighted by Gasteiger charge is 2.43. The van der Waals surface area contributed by atoms with Crippen molar-refractivity contribution in [1.82, 2.24) is 4.90 Å². The van der Waals surface area contributed by atoms with Crippen LogP contribution in [0.4, 0.5) is 4.79 Å². The van der Waals surface area contributed by atoms with E-state index < -0.39 is 11.7 Å². The number of carbonyl (C=O) groups excluding carboxylic acids is 2. The van der Waals surface area contributed by atoms with Crippen molar-refractivity contribution < 1.29 is 24.2 Å². The zero-order chi connectivity index (χ0) is 30.8. The van der Waals surface area contributed by atoms with E-state index in [1.807, 2.05) is 13.0 Å². The van der Waals surface area contributed by atoms with Gasteiger partial charge >= 0.3 is 6.09 Å². The lowest BCUT2D eigenvalue weighted by atomic mass is 9.69. The molecular formula is C35H51NO5. The average Bonchev–Trinajstić information content (AvgIpc) is 2.85. The van der Waals surface area contributed by atoms with Gasteiger partial charge in [-0.2, -0.15) is 0 Å². The number of aliphatic hydroxyl groups excluding tert-OH is 1. The lowest BCUT2D eigenvalue weighted by Gasteiger charge is -2.39. The first-order chi connectivity index (χ1) is 19.0. The second-order valence-electron chi connectivity index (χ2n) is 13.7. The van der Waals surface area contributed by atoms with Gasteiger partial charge in [0.2, 0.25) is 5.91 Å². The number of benzene rings is 2. The van der Waals surface area contributed by atoms with Crippen LogP contribution in [0.1, 0.15) is 109 Å². The molecule has 0 spiro atoms. The zero-order valence-electron chi connectivity index (χ0n) is 26.9. The molecule has 2 aromatic carbocycles. The van der Waals surface area contributed by atoms with Crippen LogP contribution >= 0.6 is 0 Å². The van der Waals surface area contributed by atoms with Crippen molar-refractivity contribution in [1.29, 1.82) is 0 Å². The molecule has 0 aliphatic carbocycles. The quantitative estimate of drug-likeness (QED) is 0.299. The van der Waals surface area contributed by atoms with Gasteiger partial charge in [0.1, 0.15) is 18.0 Å². The first kappa shape index (κ1) is 32.7. The van der Waals surface area contributed by atoms with Gasteiger partial charge in [-0.25, -0.2) is 9.69 Å². The molecule has 1 heterocycles. The maximum absolute atomic E-state index is 12.5. The number of amides is 2. The van der Waals surface area contributed by atoms with Crippen molar-refractivity contribution in [3.8, 4) is 5.75 Å². The Bertz CT molecular complexity index is 1230. The Kier molecular flexibility index (Phi) is 10.0. The molecule has 1 saturated heterocycles. The fourth-order valence-electron chi connectivity index (χ4n) is 5.71. The molecule has 1 aliphatic rings. The molecule has 226 valence electrons. The zero-order valence-corrected chi connectivity index (χ0v) is 26.9. The SMILES string of the molecule is CCC(CC)(c1ccc(CCC(O)C(C)(C)C)c(C)c1)c1ccc(OC[C@H]2CC(=O)N2C(=O)OC(C)(C)C)c(C)c1. The van der Waals surface area contributed by atoms with Crippen molar-refractivity contribution >= 4 is 12.0 Å². The number of nitrogens with zero attached hydrogens (tertiary/aromatic N) is 1. The molecular weight excluding hydrogens is 514 g/mol. The van der Waals surface area contributed by atoms with Crippen molar-refractivity contribution in [3.63, 3.8) is 0 Å². The summed E-state index contributed by atoms with van der Waals surface area (Å²) in [6, 6.07) is 12.9. The van der Waals surface area contributed by atoms with E-state index in [-0.39, 0.29) is 41.9 Å². The second-order valence-corrected chi connectivity index (χ2v) is 13.7. The van der Waals surface area contributed by atoms with Gasteiger partial charge in [0, 0.05) is 5.41 Å². The lowest BCUT2D eigenvalue weighted by Crippen LogP contribution is -2.59. The smallest absolute Gasteiger partial charge is 0.417 e. The van der Waals surface area contributed by atoms with Gasteiger partial charge in [-0.1, -0.05) is 65.0 Å². The maximum Gasteiger partial charge on any atom is 0.417 e. The van der Waals surface area contributed by atoms with Crippen molar-refractivity contribution in [2.45, 2.75) is 125 Å². The summed E-state index contributed by atoms with van der Waals surface area (Å²) in [7, 11) is 0. The van der Waals surface area contributed by atoms with Gasteiger partial charge in [0.15, 0.2) is 0 Å². The summed E-state index contributed by atoms with van der Waals surface area (Å²) in [5.74, 6) is 0.518. The van der Waals surface area contributed by atoms with Crippen LogP contribution in [0.25, 0.3) is 0 Å². The number of carbonyl (C=O) groups is 2. The Morgan fingerprint density at radius 1 is 0.976 bits per heavy atom. The molecule has 2 amide bonds. The average molecular weight is 566 g/mol. The fourth-order valence-corrected chi connectivity index (χ4v) is 5.71. The standard InChI is InChI=1S/C35H51NO5/c1-11-35(12-2,26-15-13-25(23(3)19-26)14-18-30(37)33(5,6)7)27-16-17-29(24(4)20-27)40-22-28-21-31(38)36(28)32(39)41-34(8,9)10/h13,15-17,19-20,28,30,37H,11-12,14,18,21-22H2,1-10H3/t28-,30?/m1/s1. The number of likely N-dealkylation sites (tertiary alicyclic amines) is 1. The Labute approximate surface area is 247 Å². The number of aryl methyl sites for hydroxylation is 3. The van der Waals surface area contributed by atoms with Crippen molar-refractivity contribution in [3.05, 3.63) is 64.2 Å². The van der Waals surface area contributed by atoms with Crippen LogP contribution in [0, 0.1) is 19.3 Å².